The Bertz CT molecular complexity index is 437. The molecule has 0 bridgehead atoms. The Morgan fingerprint density at radius 3 is 2.44 bits per heavy atom. The Balaban J connectivity index is 2.09. The first-order valence-corrected chi connectivity index (χ1v) is 6.62. The van der Waals surface area contributed by atoms with Crippen LogP contribution in [0.3, 0.4) is 0 Å². The molecule has 2 rings (SSSR count). The highest BCUT2D eigenvalue weighted by atomic mass is 16.4. The highest BCUT2D eigenvalue weighted by Gasteiger charge is 2.25. The number of carbonyl (C=O) groups excluding carboxylic acids is 1. The van der Waals surface area contributed by atoms with Crippen molar-refractivity contribution in [2.45, 2.75) is 52.4 Å². The highest BCUT2D eigenvalue weighted by molar-refractivity contribution is 5.78. The maximum absolute atomic E-state index is 12.1. The van der Waals surface area contributed by atoms with Crippen LogP contribution in [0.1, 0.15) is 51.0 Å². The fraction of sp³-hybridized carbons (Fsp3) is 0.714. The molecule has 1 aliphatic heterocycles. The van der Waals surface area contributed by atoms with Crippen LogP contribution in [0.2, 0.25) is 0 Å². The largest absolute Gasteiger partial charge is 0.444 e. The molecule has 0 radical (unpaired) electrons. The van der Waals surface area contributed by atoms with E-state index in [1.807, 2.05) is 11.8 Å². The predicted molar refractivity (Wildman–Crippen MR) is 69.5 cm³/mol. The Labute approximate surface area is 108 Å². The van der Waals surface area contributed by atoms with Gasteiger partial charge in [0.15, 0.2) is 5.89 Å². The summed E-state index contributed by atoms with van der Waals surface area (Å²) in [5.41, 5.74) is 0.729. The molecular formula is C14H22N2O2. The van der Waals surface area contributed by atoms with Gasteiger partial charge in [-0.2, -0.15) is 0 Å². The first kappa shape index (κ1) is 13.1. The van der Waals surface area contributed by atoms with Crippen LogP contribution >= 0.6 is 0 Å². The summed E-state index contributed by atoms with van der Waals surface area (Å²) in [6.45, 7) is 9.86. The van der Waals surface area contributed by atoms with Gasteiger partial charge in [0.25, 0.3) is 0 Å². The lowest BCUT2D eigenvalue weighted by Crippen LogP contribution is -2.29. The predicted octanol–water partition coefficient (Wildman–Crippen LogP) is 2.45. The fourth-order valence-corrected chi connectivity index (χ4v) is 2.13. The minimum atomic E-state index is -0.111. The molecule has 0 unspecified atom stereocenters. The van der Waals surface area contributed by atoms with E-state index in [0.717, 1.165) is 37.4 Å². The van der Waals surface area contributed by atoms with Gasteiger partial charge in [0, 0.05) is 18.5 Å². The maximum atomic E-state index is 12.1. The molecule has 0 spiro atoms. The molecule has 1 aromatic heterocycles. The third kappa shape index (κ3) is 2.74. The molecule has 1 amide bonds. The zero-order chi connectivity index (χ0) is 13.3. The van der Waals surface area contributed by atoms with Crippen LogP contribution in [0.15, 0.2) is 4.42 Å². The van der Waals surface area contributed by atoms with Gasteiger partial charge in [-0.3, -0.25) is 4.79 Å². The molecule has 1 aliphatic rings. The molecule has 1 saturated heterocycles. The number of nitrogens with zero attached hydrogens (tertiary/aromatic N) is 2. The lowest BCUT2D eigenvalue weighted by molar-refractivity contribution is -0.129. The van der Waals surface area contributed by atoms with E-state index < -0.39 is 0 Å². The highest BCUT2D eigenvalue weighted by Crippen LogP contribution is 2.24. The number of rotatable bonds is 2. The third-order valence-corrected chi connectivity index (χ3v) is 3.30. The Kier molecular flexibility index (Phi) is 3.46. The van der Waals surface area contributed by atoms with E-state index in [-0.39, 0.29) is 11.3 Å². The minimum absolute atomic E-state index is 0.111. The first-order valence-electron chi connectivity index (χ1n) is 6.62. The standard InChI is InChI=1S/C14H22N2O2/c1-10-11(18-13(15-10)14(2,3)4)9-12(17)16-7-5-6-8-16/h5-9H2,1-4H3. The number of hydrogen-bond acceptors (Lipinski definition) is 3. The molecule has 4 nitrogen and oxygen atoms in total. The van der Waals surface area contributed by atoms with Crippen LogP contribution < -0.4 is 0 Å². The lowest BCUT2D eigenvalue weighted by atomic mass is 9.97. The SMILES string of the molecule is Cc1nc(C(C)(C)C)oc1CC(=O)N1CCCC1. The number of aromatic nitrogens is 1. The minimum Gasteiger partial charge on any atom is -0.444 e. The van der Waals surface area contributed by atoms with Crippen molar-refractivity contribution in [3.63, 3.8) is 0 Å². The molecule has 1 fully saturated rings. The fourth-order valence-electron chi connectivity index (χ4n) is 2.13. The quantitative estimate of drug-likeness (QED) is 0.810. The normalized spacial score (nSPS) is 16.3. The van der Waals surface area contributed by atoms with Crippen molar-refractivity contribution in [3.8, 4) is 0 Å². The Morgan fingerprint density at radius 1 is 1.33 bits per heavy atom. The number of likely N-dealkylation sites (tertiary alicyclic amines) is 1. The summed E-state index contributed by atoms with van der Waals surface area (Å²) >= 11 is 0. The van der Waals surface area contributed by atoms with Gasteiger partial charge >= 0.3 is 0 Å². The average Bonchev–Trinajstić information content (AvgIpc) is 2.87. The van der Waals surface area contributed by atoms with Gasteiger partial charge in [-0.1, -0.05) is 20.8 Å². The van der Waals surface area contributed by atoms with E-state index in [1.165, 1.54) is 0 Å². The second-order valence-corrected chi connectivity index (χ2v) is 6.04. The van der Waals surface area contributed by atoms with Crippen molar-refractivity contribution < 1.29 is 9.21 Å². The van der Waals surface area contributed by atoms with Gasteiger partial charge in [-0.05, 0) is 19.8 Å². The summed E-state index contributed by atoms with van der Waals surface area (Å²) in [6, 6.07) is 0. The van der Waals surface area contributed by atoms with E-state index >= 15 is 0 Å². The molecule has 0 N–H and O–H groups in total. The average molecular weight is 250 g/mol. The van der Waals surface area contributed by atoms with Gasteiger partial charge in [0.1, 0.15) is 5.76 Å². The summed E-state index contributed by atoms with van der Waals surface area (Å²) in [4.78, 5) is 18.4. The molecular weight excluding hydrogens is 228 g/mol. The van der Waals surface area contributed by atoms with Crippen molar-refractivity contribution in [1.29, 1.82) is 0 Å². The molecule has 100 valence electrons. The molecule has 0 saturated carbocycles. The zero-order valence-corrected chi connectivity index (χ0v) is 11.7. The summed E-state index contributed by atoms with van der Waals surface area (Å²) in [5.74, 6) is 1.59. The Hall–Kier alpha value is -1.32. The molecule has 2 heterocycles. The molecule has 0 aliphatic carbocycles. The Morgan fingerprint density at radius 2 is 1.94 bits per heavy atom. The van der Waals surface area contributed by atoms with Gasteiger partial charge in [0.05, 0.1) is 12.1 Å². The summed E-state index contributed by atoms with van der Waals surface area (Å²) < 4.78 is 5.75. The van der Waals surface area contributed by atoms with Gasteiger partial charge in [-0.25, -0.2) is 4.98 Å². The van der Waals surface area contributed by atoms with Crippen molar-refractivity contribution in [3.05, 3.63) is 17.3 Å². The number of oxazole rings is 1. The third-order valence-electron chi connectivity index (χ3n) is 3.30. The number of aryl methyl sites for hydroxylation is 1. The van der Waals surface area contributed by atoms with E-state index in [2.05, 4.69) is 25.8 Å². The van der Waals surface area contributed by atoms with Crippen LogP contribution in [0.5, 0.6) is 0 Å². The molecule has 18 heavy (non-hydrogen) atoms. The van der Waals surface area contributed by atoms with Gasteiger partial charge in [-0.15, -0.1) is 0 Å². The van der Waals surface area contributed by atoms with E-state index in [4.69, 9.17) is 4.42 Å². The molecule has 1 aromatic rings. The van der Waals surface area contributed by atoms with Crippen molar-refractivity contribution in [2.24, 2.45) is 0 Å². The van der Waals surface area contributed by atoms with Gasteiger partial charge < -0.3 is 9.32 Å². The first-order chi connectivity index (χ1) is 8.38. The van der Waals surface area contributed by atoms with Crippen LogP contribution in [0.25, 0.3) is 0 Å². The van der Waals surface area contributed by atoms with Crippen LogP contribution in [-0.2, 0) is 16.6 Å². The second kappa shape index (κ2) is 4.75. The zero-order valence-electron chi connectivity index (χ0n) is 11.7. The molecule has 4 heteroatoms. The number of carbonyl (C=O) groups is 1. The van der Waals surface area contributed by atoms with Crippen LogP contribution in [-0.4, -0.2) is 28.9 Å². The van der Waals surface area contributed by atoms with Crippen molar-refractivity contribution in [1.82, 2.24) is 9.88 Å². The number of hydrogen-bond donors (Lipinski definition) is 0. The summed E-state index contributed by atoms with van der Waals surface area (Å²) in [5, 5.41) is 0. The van der Waals surface area contributed by atoms with Crippen molar-refractivity contribution in [2.75, 3.05) is 13.1 Å². The van der Waals surface area contributed by atoms with Crippen molar-refractivity contribution >= 4 is 5.91 Å². The van der Waals surface area contributed by atoms with Gasteiger partial charge in [0.2, 0.25) is 5.91 Å². The molecule has 0 aromatic carbocycles. The van der Waals surface area contributed by atoms with E-state index in [1.54, 1.807) is 0 Å². The maximum Gasteiger partial charge on any atom is 0.230 e. The van der Waals surface area contributed by atoms with Crippen LogP contribution in [0.4, 0.5) is 0 Å². The van der Waals surface area contributed by atoms with Crippen LogP contribution in [0, 0.1) is 6.92 Å². The lowest BCUT2D eigenvalue weighted by Gasteiger charge is -2.14. The summed E-state index contributed by atoms with van der Waals surface area (Å²) in [7, 11) is 0. The second-order valence-electron chi connectivity index (χ2n) is 6.04. The molecule has 0 atom stereocenters. The van der Waals surface area contributed by atoms with E-state index in [0.29, 0.717) is 12.3 Å². The van der Waals surface area contributed by atoms with E-state index in [9.17, 15) is 4.79 Å². The monoisotopic (exact) mass is 250 g/mol. The number of amides is 1. The topological polar surface area (TPSA) is 46.3 Å². The summed E-state index contributed by atoms with van der Waals surface area (Å²) in [6.07, 6.45) is 2.58. The smallest absolute Gasteiger partial charge is 0.230 e.